The summed E-state index contributed by atoms with van der Waals surface area (Å²) in [5, 5.41) is 9.64. The van der Waals surface area contributed by atoms with Crippen molar-refractivity contribution >= 4 is 0 Å². The van der Waals surface area contributed by atoms with Crippen LogP contribution in [0.5, 0.6) is 0 Å². The van der Waals surface area contributed by atoms with Crippen molar-refractivity contribution in [2.75, 3.05) is 13.2 Å². The molecule has 76 valence electrons. The highest BCUT2D eigenvalue weighted by Gasteiger charge is 2.47. The van der Waals surface area contributed by atoms with Crippen molar-refractivity contribution in [1.82, 2.24) is 0 Å². The number of aliphatic hydroxyl groups is 1. The smallest absolute Gasteiger partial charge is 0.0568 e. The summed E-state index contributed by atoms with van der Waals surface area (Å²) >= 11 is 0. The predicted octanol–water partition coefficient (Wildman–Crippen LogP) is 1.96. The highest BCUT2D eigenvalue weighted by molar-refractivity contribution is 4.98. The second-order valence-electron chi connectivity index (χ2n) is 4.80. The van der Waals surface area contributed by atoms with Crippen LogP contribution >= 0.6 is 0 Å². The van der Waals surface area contributed by atoms with Crippen LogP contribution in [0.25, 0.3) is 0 Å². The van der Waals surface area contributed by atoms with E-state index in [0.29, 0.717) is 5.41 Å². The lowest BCUT2D eigenvalue weighted by atomic mass is 9.84. The molecular formula is C11H20O2. The molecule has 2 heteroatoms. The lowest BCUT2D eigenvalue weighted by molar-refractivity contribution is 0.0362. The molecule has 1 atom stereocenters. The molecule has 1 N–H and O–H groups in total. The maximum absolute atomic E-state index is 9.64. The zero-order valence-electron chi connectivity index (χ0n) is 8.46. The molecule has 0 radical (unpaired) electrons. The summed E-state index contributed by atoms with van der Waals surface area (Å²) < 4.78 is 5.33. The lowest BCUT2D eigenvalue weighted by Gasteiger charge is -2.28. The first kappa shape index (κ1) is 9.47. The second kappa shape index (κ2) is 3.58. The average molecular weight is 184 g/mol. The molecule has 13 heavy (non-hydrogen) atoms. The lowest BCUT2D eigenvalue weighted by Crippen LogP contribution is -2.25. The number of rotatable bonds is 3. The van der Waals surface area contributed by atoms with Crippen LogP contribution in [0.1, 0.15) is 39.0 Å². The molecule has 2 nitrogen and oxygen atoms in total. The third kappa shape index (κ3) is 2.05. The molecule has 1 saturated carbocycles. The third-order valence-corrected chi connectivity index (χ3v) is 3.81. The zero-order valence-corrected chi connectivity index (χ0v) is 8.46. The van der Waals surface area contributed by atoms with Crippen molar-refractivity contribution in [3.63, 3.8) is 0 Å². The van der Waals surface area contributed by atoms with E-state index in [1.807, 2.05) is 6.92 Å². The summed E-state index contributed by atoms with van der Waals surface area (Å²) in [6.07, 6.45) is 6.01. The average Bonchev–Trinajstić information content (AvgIpc) is 2.87. The van der Waals surface area contributed by atoms with Gasteiger partial charge in [0.15, 0.2) is 0 Å². The van der Waals surface area contributed by atoms with Gasteiger partial charge in [-0.2, -0.15) is 0 Å². The molecule has 0 aromatic rings. The summed E-state index contributed by atoms with van der Waals surface area (Å²) in [6.45, 7) is 3.81. The van der Waals surface area contributed by atoms with Gasteiger partial charge < -0.3 is 9.84 Å². The molecule has 0 spiro atoms. The third-order valence-electron chi connectivity index (χ3n) is 3.81. The van der Waals surface area contributed by atoms with Gasteiger partial charge in [-0.1, -0.05) is 0 Å². The van der Waals surface area contributed by atoms with Gasteiger partial charge in [-0.15, -0.1) is 0 Å². The van der Waals surface area contributed by atoms with Crippen LogP contribution in [0.3, 0.4) is 0 Å². The van der Waals surface area contributed by atoms with Gasteiger partial charge in [0.25, 0.3) is 0 Å². The van der Waals surface area contributed by atoms with E-state index < -0.39 is 0 Å². The first-order chi connectivity index (χ1) is 6.23. The van der Waals surface area contributed by atoms with E-state index in [-0.39, 0.29) is 6.10 Å². The minimum absolute atomic E-state index is 0.102. The molecule has 0 aromatic heterocycles. The van der Waals surface area contributed by atoms with E-state index >= 15 is 0 Å². The normalized spacial score (nSPS) is 30.0. The molecular weight excluding hydrogens is 164 g/mol. The Morgan fingerprint density at radius 3 is 2.46 bits per heavy atom. The molecule has 2 rings (SSSR count). The van der Waals surface area contributed by atoms with E-state index in [9.17, 15) is 5.11 Å². The van der Waals surface area contributed by atoms with Gasteiger partial charge >= 0.3 is 0 Å². The summed E-state index contributed by atoms with van der Waals surface area (Å²) in [6, 6.07) is 0. The van der Waals surface area contributed by atoms with Crippen LogP contribution in [-0.4, -0.2) is 24.4 Å². The van der Waals surface area contributed by atoms with E-state index in [1.165, 1.54) is 32.1 Å². The number of ether oxygens (including phenoxy) is 1. The Morgan fingerprint density at radius 1 is 1.38 bits per heavy atom. The summed E-state index contributed by atoms with van der Waals surface area (Å²) in [4.78, 5) is 0. The summed E-state index contributed by atoms with van der Waals surface area (Å²) in [7, 11) is 0. The van der Waals surface area contributed by atoms with Crippen LogP contribution in [0.15, 0.2) is 0 Å². The Balaban J connectivity index is 1.82. The van der Waals surface area contributed by atoms with Crippen molar-refractivity contribution in [3.05, 3.63) is 0 Å². The quantitative estimate of drug-likeness (QED) is 0.726. The molecule has 1 aliphatic carbocycles. The van der Waals surface area contributed by atoms with Gasteiger partial charge in [-0.05, 0) is 50.4 Å². The van der Waals surface area contributed by atoms with Gasteiger partial charge in [-0.25, -0.2) is 0 Å². The molecule has 2 aliphatic rings. The molecule has 1 saturated heterocycles. The highest BCUT2D eigenvalue weighted by atomic mass is 16.5. The Morgan fingerprint density at radius 2 is 2.00 bits per heavy atom. The minimum Gasteiger partial charge on any atom is -0.393 e. The summed E-state index contributed by atoms with van der Waals surface area (Å²) in [5.41, 5.74) is 0.308. The Kier molecular flexibility index (Phi) is 2.61. The van der Waals surface area contributed by atoms with Crippen molar-refractivity contribution < 1.29 is 9.84 Å². The largest absolute Gasteiger partial charge is 0.393 e. The number of hydrogen-bond acceptors (Lipinski definition) is 2. The molecule has 1 aliphatic heterocycles. The van der Waals surface area contributed by atoms with Gasteiger partial charge in [0.1, 0.15) is 0 Å². The molecule has 0 amide bonds. The Labute approximate surface area is 80.3 Å². The van der Waals surface area contributed by atoms with Crippen molar-refractivity contribution in [2.45, 2.75) is 45.1 Å². The molecule has 0 aromatic carbocycles. The van der Waals surface area contributed by atoms with E-state index in [0.717, 1.165) is 19.1 Å². The van der Waals surface area contributed by atoms with Crippen LogP contribution < -0.4 is 0 Å². The van der Waals surface area contributed by atoms with Crippen molar-refractivity contribution in [3.8, 4) is 0 Å². The maximum Gasteiger partial charge on any atom is 0.0568 e. The Bertz CT molecular complexity index is 167. The van der Waals surface area contributed by atoms with Crippen LogP contribution in [-0.2, 0) is 4.74 Å². The van der Waals surface area contributed by atoms with Crippen LogP contribution in [0, 0.1) is 11.3 Å². The van der Waals surface area contributed by atoms with Crippen LogP contribution in [0.4, 0.5) is 0 Å². The van der Waals surface area contributed by atoms with E-state index in [1.54, 1.807) is 0 Å². The van der Waals surface area contributed by atoms with Gasteiger partial charge in [-0.3, -0.25) is 0 Å². The number of hydrogen-bond donors (Lipinski definition) is 1. The molecule has 1 unspecified atom stereocenters. The minimum atomic E-state index is -0.102. The molecule has 2 fully saturated rings. The number of aliphatic hydroxyl groups excluding tert-OH is 1. The first-order valence-corrected chi connectivity index (χ1v) is 5.49. The topological polar surface area (TPSA) is 29.5 Å². The second-order valence-corrected chi connectivity index (χ2v) is 4.80. The standard InChI is InChI=1S/C11H20O2/c1-9(12)11(4-5-11)8-10-2-6-13-7-3-10/h9-10,12H,2-8H2,1H3. The molecule has 0 bridgehead atoms. The highest BCUT2D eigenvalue weighted by Crippen LogP contribution is 2.54. The maximum atomic E-state index is 9.64. The fourth-order valence-corrected chi connectivity index (χ4v) is 2.48. The first-order valence-electron chi connectivity index (χ1n) is 5.49. The zero-order chi connectivity index (χ0) is 9.31. The van der Waals surface area contributed by atoms with Crippen molar-refractivity contribution in [1.29, 1.82) is 0 Å². The predicted molar refractivity (Wildman–Crippen MR) is 51.5 cm³/mol. The van der Waals surface area contributed by atoms with Gasteiger partial charge in [0, 0.05) is 13.2 Å². The Hall–Kier alpha value is -0.0800. The fraction of sp³-hybridized carbons (Fsp3) is 1.00. The SMILES string of the molecule is CC(O)C1(CC2CCOCC2)CC1. The monoisotopic (exact) mass is 184 g/mol. The van der Waals surface area contributed by atoms with Crippen molar-refractivity contribution in [2.24, 2.45) is 11.3 Å². The summed E-state index contributed by atoms with van der Waals surface area (Å²) in [5.74, 6) is 0.811. The van der Waals surface area contributed by atoms with Gasteiger partial charge in [0.2, 0.25) is 0 Å². The molecule has 1 heterocycles. The van der Waals surface area contributed by atoms with Gasteiger partial charge in [0.05, 0.1) is 6.10 Å². The van der Waals surface area contributed by atoms with Crippen LogP contribution in [0.2, 0.25) is 0 Å². The van der Waals surface area contributed by atoms with E-state index in [2.05, 4.69) is 0 Å². The van der Waals surface area contributed by atoms with E-state index in [4.69, 9.17) is 4.74 Å². The fourth-order valence-electron chi connectivity index (χ4n) is 2.48.